The van der Waals surface area contributed by atoms with Crippen LogP contribution in [0.4, 0.5) is 4.39 Å². The number of likely N-dealkylation sites (N-methyl/N-ethyl adjacent to an activating group) is 1. The molecule has 0 radical (unpaired) electrons. The first-order valence-corrected chi connectivity index (χ1v) is 5.78. The van der Waals surface area contributed by atoms with Gasteiger partial charge in [-0.25, -0.2) is 4.39 Å². The fourth-order valence-corrected chi connectivity index (χ4v) is 1.49. The Morgan fingerprint density at radius 1 is 1.56 bits per heavy atom. The number of halogens is 1. The molecule has 5 heteroatoms. The lowest BCUT2D eigenvalue weighted by Crippen LogP contribution is -2.41. The zero-order valence-electron chi connectivity index (χ0n) is 10.5. The minimum Gasteiger partial charge on any atom is -0.355 e. The molecule has 0 saturated carbocycles. The Kier molecular flexibility index (Phi) is 5.28. The van der Waals surface area contributed by atoms with E-state index < -0.39 is 11.9 Å². The Morgan fingerprint density at radius 3 is 2.89 bits per heavy atom. The lowest BCUT2D eigenvalue weighted by molar-refractivity contribution is -0.122. The highest BCUT2D eigenvalue weighted by Crippen LogP contribution is 2.11. The molecule has 1 rings (SSSR count). The molecular formula is C13H16FN3O. The zero-order valence-corrected chi connectivity index (χ0v) is 10.5. The predicted molar refractivity (Wildman–Crippen MR) is 66.1 cm³/mol. The summed E-state index contributed by atoms with van der Waals surface area (Å²) in [4.78, 5) is 11.5. The van der Waals surface area contributed by atoms with Gasteiger partial charge in [-0.05, 0) is 19.9 Å². The van der Waals surface area contributed by atoms with Crippen LogP contribution in [0.25, 0.3) is 0 Å². The fraction of sp³-hybridized carbons (Fsp3) is 0.385. The monoisotopic (exact) mass is 249 g/mol. The average molecular weight is 249 g/mol. The van der Waals surface area contributed by atoms with E-state index in [4.69, 9.17) is 5.26 Å². The Bertz CT molecular complexity index is 468. The summed E-state index contributed by atoms with van der Waals surface area (Å²) in [6.45, 7) is 4.31. The van der Waals surface area contributed by atoms with Gasteiger partial charge in [-0.2, -0.15) is 5.26 Å². The van der Waals surface area contributed by atoms with Crippen LogP contribution in [0.3, 0.4) is 0 Å². The van der Waals surface area contributed by atoms with E-state index in [0.29, 0.717) is 12.1 Å². The van der Waals surface area contributed by atoms with E-state index in [-0.39, 0.29) is 18.0 Å². The molecule has 2 N–H and O–H groups in total. The molecule has 0 aliphatic carbocycles. The van der Waals surface area contributed by atoms with Crippen molar-refractivity contribution in [3.63, 3.8) is 0 Å². The van der Waals surface area contributed by atoms with Crippen molar-refractivity contribution < 1.29 is 9.18 Å². The number of benzene rings is 1. The minimum atomic E-state index is -0.532. The van der Waals surface area contributed by atoms with Gasteiger partial charge in [-0.15, -0.1) is 0 Å². The van der Waals surface area contributed by atoms with Gasteiger partial charge >= 0.3 is 0 Å². The molecule has 0 bridgehead atoms. The second-order valence-electron chi connectivity index (χ2n) is 3.89. The zero-order chi connectivity index (χ0) is 13.5. The standard InChI is InChI=1S/C13H16FN3O/c1-3-16-13(18)9(2)17-8-11-6-4-5-10(7-15)12(11)14/h4-6,9,17H,3,8H2,1-2H3,(H,16,18). The lowest BCUT2D eigenvalue weighted by atomic mass is 10.1. The van der Waals surface area contributed by atoms with Gasteiger partial charge in [0, 0.05) is 18.7 Å². The maximum atomic E-state index is 13.7. The van der Waals surface area contributed by atoms with Crippen molar-refractivity contribution in [3.05, 3.63) is 35.1 Å². The number of nitrogens with one attached hydrogen (secondary N) is 2. The van der Waals surface area contributed by atoms with E-state index in [1.165, 1.54) is 6.07 Å². The molecule has 1 aromatic rings. The van der Waals surface area contributed by atoms with Crippen LogP contribution >= 0.6 is 0 Å². The van der Waals surface area contributed by atoms with Gasteiger partial charge in [0.05, 0.1) is 11.6 Å². The van der Waals surface area contributed by atoms with Crippen molar-refractivity contribution >= 4 is 5.91 Å². The van der Waals surface area contributed by atoms with Gasteiger partial charge in [0.1, 0.15) is 11.9 Å². The summed E-state index contributed by atoms with van der Waals surface area (Å²) < 4.78 is 13.7. The average Bonchev–Trinajstić information content (AvgIpc) is 2.37. The highest BCUT2D eigenvalue weighted by atomic mass is 19.1. The Hall–Kier alpha value is -1.93. The van der Waals surface area contributed by atoms with Gasteiger partial charge in [0.15, 0.2) is 0 Å². The van der Waals surface area contributed by atoms with Gasteiger partial charge < -0.3 is 10.6 Å². The summed E-state index contributed by atoms with van der Waals surface area (Å²) in [5, 5.41) is 14.3. The number of nitrogens with zero attached hydrogens (tertiary/aromatic N) is 1. The Balaban J connectivity index is 2.64. The minimum absolute atomic E-state index is 0.0139. The maximum absolute atomic E-state index is 13.7. The highest BCUT2D eigenvalue weighted by Gasteiger charge is 2.13. The van der Waals surface area contributed by atoms with E-state index in [2.05, 4.69) is 10.6 Å². The van der Waals surface area contributed by atoms with E-state index in [1.54, 1.807) is 25.1 Å². The molecule has 18 heavy (non-hydrogen) atoms. The molecule has 1 aromatic carbocycles. The van der Waals surface area contributed by atoms with Crippen LogP contribution < -0.4 is 10.6 Å². The van der Waals surface area contributed by atoms with Crippen LogP contribution in [0.1, 0.15) is 25.0 Å². The second-order valence-corrected chi connectivity index (χ2v) is 3.89. The highest BCUT2D eigenvalue weighted by molar-refractivity contribution is 5.81. The van der Waals surface area contributed by atoms with Crippen LogP contribution in [0.15, 0.2) is 18.2 Å². The Morgan fingerprint density at radius 2 is 2.28 bits per heavy atom. The number of amides is 1. The first-order valence-electron chi connectivity index (χ1n) is 5.78. The maximum Gasteiger partial charge on any atom is 0.236 e. The largest absolute Gasteiger partial charge is 0.355 e. The SMILES string of the molecule is CCNC(=O)C(C)NCc1cccc(C#N)c1F. The first kappa shape index (κ1) is 14.1. The lowest BCUT2D eigenvalue weighted by Gasteiger charge is -2.13. The van der Waals surface area contributed by atoms with Crippen molar-refractivity contribution in [3.8, 4) is 6.07 Å². The summed E-state index contributed by atoms with van der Waals surface area (Å²) >= 11 is 0. The van der Waals surface area contributed by atoms with Crippen molar-refractivity contribution in [2.24, 2.45) is 0 Å². The molecule has 0 fully saturated rings. The van der Waals surface area contributed by atoms with Crippen molar-refractivity contribution in [2.45, 2.75) is 26.4 Å². The second kappa shape index (κ2) is 6.72. The van der Waals surface area contributed by atoms with Crippen LogP contribution in [0, 0.1) is 17.1 Å². The molecule has 0 heterocycles. The first-order chi connectivity index (χ1) is 8.60. The molecule has 0 spiro atoms. The topological polar surface area (TPSA) is 64.9 Å². The molecule has 1 unspecified atom stereocenters. The molecule has 4 nitrogen and oxygen atoms in total. The van der Waals surface area contributed by atoms with Crippen LogP contribution in [-0.4, -0.2) is 18.5 Å². The summed E-state index contributed by atoms with van der Waals surface area (Å²) in [5.74, 6) is -0.662. The third-order valence-electron chi connectivity index (χ3n) is 2.54. The molecule has 0 aliphatic rings. The summed E-state index contributed by atoms with van der Waals surface area (Å²) in [5.41, 5.74) is 0.394. The van der Waals surface area contributed by atoms with E-state index in [0.717, 1.165) is 0 Å². The van der Waals surface area contributed by atoms with Gasteiger partial charge in [0.2, 0.25) is 5.91 Å². The van der Waals surface area contributed by atoms with Crippen molar-refractivity contribution in [2.75, 3.05) is 6.54 Å². The van der Waals surface area contributed by atoms with E-state index in [1.807, 2.05) is 6.92 Å². The summed E-state index contributed by atoms with van der Waals surface area (Å²) in [7, 11) is 0. The fourth-order valence-electron chi connectivity index (χ4n) is 1.49. The normalized spacial score (nSPS) is 11.7. The molecule has 1 amide bonds. The molecule has 0 aliphatic heterocycles. The quantitative estimate of drug-likeness (QED) is 0.827. The molecule has 0 aromatic heterocycles. The number of hydrogen-bond acceptors (Lipinski definition) is 3. The van der Waals surface area contributed by atoms with Crippen LogP contribution in [0.5, 0.6) is 0 Å². The number of carbonyl (C=O) groups excluding carboxylic acids is 1. The number of carbonyl (C=O) groups is 1. The summed E-state index contributed by atoms with van der Waals surface area (Å²) in [6, 6.07) is 6.01. The van der Waals surface area contributed by atoms with Crippen LogP contribution in [0.2, 0.25) is 0 Å². The molecule has 0 saturated heterocycles. The van der Waals surface area contributed by atoms with Crippen molar-refractivity contribution in [1.82, 2.24) is 10.6 Å². The molecular weight excluding hydrogens is 233 g/mol. The van der Waals surface area contributed by atoms with Gasteiger partial charge in [-0.1, -0.05) is 12.1 Å². The van der Waals surface area contributed by atoms with E-state index >= 15 is 0 Å². The van der Waals surface area contributed by atoms with Gasteiger partial charge in [0.25, 0.3) is 0 Å². The number of rotatable bonds is 5. The molecule has 1 atom stereocenters. The number of hydrogen-bond donors (Lipinski definition) is 2. The van der Waals surface area contributed by atoms with E-state index in [9.17, 15) is 9.18 Å². The number of nitriles is 1. The third kappa shape index (κ3) is 3.54. The predicted octanol–water partition coefficient (Wildman–Crippen LogP) is 1.31. The molecule has 96 valence electrons. The Labute approximate surface area is 106 Å². The van der Waals surface area contributed by atoms with Crippen LogP contribution in [-0.2, 0) is 11.3 Å². The summed E-state index contributed by atoms with van der Waals surface area (Å²) in [6.07, 6.45) is 0. The third-order valence-corrected chi connectivity index (χ3v) is 2.54. The van der Waals surface area contributed by atoms with Gasteiger partial charge in [-0.3, -0.25) is 4.79 Å². The van der Waals surface area contributed by atoms with Crippen molar-refractivity contribution in [1.29, 1.82) is 5.26 Å². The smallest absolute Gasteiger partial charge is 0.236 e.